The van der Waals surface area contributed by atoms with Crippen LogP contribution in [0.15, 0.2) is 35.5 Å². The van der Waals surface area contributed by atoms with Gasteiger partial charge in [-0.25, -0.2) is 14.6 Å². The van der Waals surface area contributed by atoms with E-state index in [1.807, 2.05) is 19.1 Å². The number of halogens is 1. The molecule has 0 aliphatic heterocycles. The van der Waals surface area contributed by atoms with E-state index in [1.165, 1.54) is 6.33 Å². The molecule has 0 aliphatic rings. The Morgan fingerprint density at radius 1 is 1.47 bits per heavy atom. The Morgan fingerprint density at radius 2 is 2.33 bits per heavy atom. The van der Waals surface area contributed by atoms with Crippen LogP contribution >= 0.6 is 15.9 Å². The minimum Gasteiger partial charge on any atom is -0.349 e. The molecule has 2 aromatic heterocycles. The van der Waals surface area contributed by atoms with E-state index in [4.69, 9.17) is 0 Å². The molecule has 0 spiro atoms. The summed E-state index contributed by atoms with van der Waals surface area (Å²) in [6.07, 6.45) is 4.95. The lowest BCUT2D eigenvalue weighted by Gasteiger charge is -2.13. The number of nitrogens with zero attached hydrogens (tertiary/aromatic N) is 4. The van der Waals surface area contributed by atoms with Gasteiger partial charge in [-0.1, -0.05) is 0 Å². The molecule has 1 N–H and O–H groups in total. The third-order valence-corrected chi connectivity index (χ3v) is 2.39. The van der Waals surface area contributed by atoms with Gasteiger partial charge in [-0.3, -0.25) is 0 Å². The molecule has 0 amide bonds. The summed E-state index contributed by atoms with van der Waals surface area (Å²) in [5, 5.41) is 7.24. The van der Waals surface area contributed by atoms with Crippen molar-refractivity contribution in [2.24, 2.45) is 0 Å². The van der Waals surface area contributed by atoms with Crippen LogP contribution < -0.4 is 5.32 Å². The Kier molecular flexibility index (Phi) is 2.96. The van der Waals surface area contributed by atoms with E-state index in [1.54, 1.807) is 17.2 Å². The Bertz CT molecular complexity index is 411. The summed E-state index contributed by atoms with van der Waals surface area (Å²) in [5.41, 5.74) is 0. The van der Waals surface area contributed by atoms with Gasteiger partial charge in [0.05, 0.1) is 0 Å². The summed E-state index contributed by atoms with van der Waals surface area (Å²) < 4.78 is 2.69. The van der Waals surface area contributed by atoms with Crippen LogP contribution in [0.25, 0.3) is 0 Å². The smallest absolute Gasteiger partial charge is 0.137 e. The lowest BCUT2D eigenvalue weighted by Crippen LogP contribution is -2.15. The fourth-order valence-corrected chi connectivity index (χ4v) is 1.39. The molecule has 1 atom stereocenters. The molecule has 6 heteroatoms. The average molecular weight is 268 g/mol. The summed E-state index contributed by atoms with van der Waals surface area (Å²) in [7, 11) is 0. The Morgan fingerprint density at radius 3 is 2.93 bits per heavy atom. The molecule has 0 aliphatic carbocycles. The van der Waals surface area contributed by atoms with Gasteiger partial charge in [0.15, 0.2) is 0 Å². The molecule has 0 bridgehead atoms. The highest BCUT2D eigenvalue weighted by Gasteiger charge is 2.04. The predicted octanol–water partition coefficient (Wildman–Crippen LogP) is 2.07. The van der Waals surface area contributed by atoms with Crippen LogP contribution in [0.4, 0.5) is 5.82 Å². The van der Waals surface area contributed by atoms with Gasteiger partial charge in [0.2, 0.25) is 0 Å². The largest absolute Gasteiger partial charge is 0.349 e. The van der Waals surface area contributed by atoms with Crippen LogP contribution in [0.5, 0.6) is 0 Å². The van der Waals surface area contributed by atoms with E-state index in [9.17, 15) is 0 Å². The number of aromatic nitrogens is 4. The number of nitrogens with one attached hydrogen (secondary N) is 1. The maximum atomic E-state index is 4.21. The number of anilines is 1. The molecular formula is C9H10BrN5. The third-order valence-electron chi connectivity index (χ3n) is 1.92. The number of hydrogen-bond acceptors (Lipinski definition) is 4. The molecule has 0 saturated carbocycles. The van der Waals surface area contributed by atoms with Crippen molar-refractivity contribution >= 4 is 21.7 Å². The fraction of sp³-hybridized carbons (Fsp3) is 0.222. The molecule has 2 heterocycles. The quantitative estimate of drug-likeness (QED) is 0.925. The highest BCUT2D eigenvalue weighted by molar-refractivity contribution is 9.10. The third kappa shape index (κ3) is 2.53. The number of rotatable bonds is 3. The normalized spacial score (nSPS) is 12.4. The first-order chi connectivity index (χ1) is 7.25. The van der Waals surface area contributed by atoms with Crippen molar-refractivity contribution < 1.29 is 0 Å². The van der Waals surface area contributed by atoms with Crippen LogP contribution in [0.3, 0.4) is 0 Å². The fourth-order valence-electron chi connectivity index (χ4n) is 1.16. The number of pyridine rings is 1. The number of hydrogen-bond donors (Lipinski definition) is 1. The van der Waals surface area contributed by atoms with Crippen LogP contribution in [-0.2, 0) is 0 Å². The molecule has 5 nitrogen and oxygen atoms in total. The zero-order chi connectivity index (χ0) is 10.7. The molecule has 0 fully saturated rings. The highest BCUT2D eigenvalue weighted by Crippen LogP contribution is 2.13. The molecule has 2 rings (SSSR count). The lowest BCUT2D eigenvalue weighted by molar-refractivity contribution is 0.542. The van der Waals surface area contributed by atoms with Gasteiger partial charge < -0.3 is 5.32 Å². The van der Waals surface area contributed by atoms with Crippen LogP contribution in [-0.4, -0.2) is 19.7 Å². The summed E-state index contributed by atoms with van der Waals surface area (Å²) in [6, 6.07) is 3.83. The van der Waals surface area contributed by atoms with Crippen molar-refractivity contribution in [2.45, 2.75) is 13.1 Å². The van der Waals surface area contributed by atoms with Gasteiger partial charge in [0.1, 0.15) is 24.6 Å². The van der Waals surface area contributed by atoms with Gasteiger partial charge >= 0.3 is 0 Å². The zero-order valence-electron chi connectivity index (χ0n) is 8.13. The first kappa shape index (κ1) is 10.1. The molecule has 0 unspecified atom stereocenters. The minimum absolute atomic E-state index is 0.0289. The van der Waals surface area contributed by atoms with E-state index in [2.05, 4.69) is 36.3 Å². The summed E-state index contributed by atoms with van der Waals surface area (Å²) >= 11 is 3.33. The first-order valence-electron chi connectivity index (χ1n) is 4.48. The molecule has 0 aromatic carbocycles. The van der Waals surface area contributed by atoms with Crippen molar-refractivity contribution in [3.05, 3.63) is 35.5 Å². The highest BCUT2D eigenvalue weighted by atomic mass is 79.9. The second kappa shape index (κ2) is 4.39. The molecule has 0 radical (unpaired) electrons. The van der Waals surface area contributed by atoms with Crippen LogP contribution in [0, 0.1) is 0 Å². The van der Waals surface area contributed by atoms with Crippen LogP contribution in [0.2, 0.25) is 0 Å². The molecule has 0 saturated heterocycles. The van der Waals surface area contributed by atoms with Gasteiger partial charge in [-0.15, -0.1) is 0 Å². The van der Waals surface area contributed by atoms with Crippen molar-refractivity contribution in [3.8, 4) is 0 Å². The van der Waals surface area contributed by atoms with E-state index in [0.717, 1.165) is 10.3 Å². The van der Waals surface area contributed by atoms with E-state index in [-0.39, 0.29) is 6.17 Å². The summed E-state index contributed by atoms with van der Waals surface area (Å²) in [6.45, 7) is 1.98. The zero-order valence-corrected chi connectivity index (χ0v) is 9.72. The lowest BCUT2D eigenvalue weighted by atomic mass is 10.4. The molecule has 2 aromatic rings. The summed E-state index contributed by atoms with van der Waals surface area (Å²) in [4.78, 5) is 8.09. The van der Waals surface area contributed by atoms with E-state index < -0.39 is 0 Å². The summed E-state index contributed by atoms with van der Waals surface area (Å²) in [5.74, 6) is 0.807. The predicted molar refractivity (Wildman–Crippen MR) is 60.3 cm³/mol. The second-order valence-corrected chi connectivity index (χ2v) is 3.97. The Labute approximate surface area is 95.7 Å². The maximum absolute atomic E-state index is 4.21. The topological polar surface area (TPSA) is 55.6 Å². The Balaban J connectivity index is 2.06. The molecule has 15 heavy (non-hydrogen) atoms. The average Bonchev–Trinajstić information content (AvgIpc) is 2.74. The molecule has 78 valence electrons. The SMILES string of the molecule is C[C@@H](Nc1ccc(Br)cn1)n1cncn1. The van der Waals surface area contributed by atoms with Crippen molar-refractivity contribution in [2.75, 3.05) is 5.32 Å². The van der Waals surface area contributed by atoms with Gasteiger partial charge in [-0.05, 0) is 35.0 Å². The second-order valence-electron chi connectivity index (χ2n) is 3.06. The maximum Gasteiger partial charge on any atom is 0.137 e. The van der Waals surface area contributed by atoms with Crippen molar-refractivity contribution in [1.82, 2.24) is 19.7 Å². The first-order valence-corrected chi connectivity index (χ1v) is 5.27. The standard InChI is InChI=1S/C9H10BrN5/c1-7(15-6-11-5-13-15)14-9-3-2-8(10)4-12-9/h2-7H,1H3,(H,12,14)/t7-/m0/s1. The molecular weight excluding hydrogens is 258 g/mol. The Hall–Kier alpha value is -1.43. The van der Waals surface area contributed by atoms with Gasteiger partial charge in [0.25, 0.3) is 0 Å². The van der Waals surface area contributed by atoms with Gasteiger partial charge in [-0.2, -0.15) is 5.10 Å². The van der Waals surface area contributed by atoms with E-state index in [0.29, 0.717) is 0 Å². The van der Waals surface area contributed by atoms with Crippen molar-refractivity contribution in [3.63, 3.8) is 0 Å². The van der Waals surface area contributed by atoms with Crippen LogP contribution in [0.1, 0.15) is 13.1 Å². The van der Waals surface area contributed by atoms with Gasteiger partial charge in [0, 0.05) is 10.7 Å². The van der Waals surface area contributed by atoms with E-state index >= 15 is 0 Å². The monoisotopic (exact) mass is 267 g/mol. The minimum atomic E-state index is 0.0289. The van der Waals surface area contributed by atoms with Crippen molar-refractivity contribution in [1.29, 1.82) is 0 Å².